The molecule has 0 amide bonds. The third-order valence-electron chi connectivity index (χ3n) is 3.05. The minimum Gasteiger partial charge on any atom is -0.593 e. The minimum atomic E-state index is -1.54. The van der Waals surface area contributed by atoms with Crippen molar-refractivity contribution in [1.82, 2.24) is 0 Å². The zero-order valence-corrected chi connectivity index (χ0v) is 12.4. The largest absolute Gasteiger partial charge is 0.593 e. The zero-order valence-electron chi connectivity index (χ0n) is 11.5. The molecule has 0 aliphatic heterocycles. The summed E-state index contributed by atoms with van der Waals surface area (Å²) in [7, 11) is 0. The average Bonchev–Trinajstić information content (AvgIpc) is 2.48. The van der Waals surface area contributed by atoms with Crippen molar-refractivity contribution in [2.45, 2.75) is 11.8 Å². The predicted octanol–water partition coefficient (Wildman–Crippen LogP) is 3.02. The fourth-order valence-corrected chi connectivity index (χ4v) is 2.44. The summed E-state index contributed by atoms with van der Waals surface area (Å²) in [5.74, 6) is 0.0606. The van der Waals surface area contributed by atoms with Gasteiger partial charge in [-0.25, -0.2) is 0 Å². The van der Waals surface area contributed by atoms with Gasteiger partial charge in [0, 0.05) is 11.1 Å². The van der Waals surface area contributed by atoms with E-state index >= 15 is 0 Å². The Morgan fingerprint density at radius 3 is 2.10 bits per heavy atom. The summed E-state index contributed by atoms with van der Waals surface area (Å²) >= 11 is -1.54. The van der Waals surface area contributed by atoms with Crippen LogP contribution in [0.25, 0.3) is 5.57 Å². The molecule has 2 rings (SSSR count). The van der Waals surface area contributed by atoms with Gasteiger partial charge in [-0.1, -0.05) is 30.3 Å². The van der Waals surface area contributed by atoms with Crippen molar-refractivity contribution in [2.24, 2.45) is 5.14 Å². The van der Waals surface area contributed by atoms with Crippen LogP contribution in [0, 0.1) is 5.41 Å². The first-order valence-electron chi connectivity index (χ1n) is 6.31. The Morgan fingerprint density at radius 1 is 1.05 bits per heavy atom. The van der Waals surface area contributed by atoms with Gasteiger partial charge < -0.3 is 9.66 Å². The molecule has 0 saturated carbocycles. The molecule has 1 unspecified atom stereocenters. The van der Waals surface area contributed by atoms with E-state index < -0.39 is 11.4 Å². The summed E-state index contributed by atoms with van der Waals surface area (Å²) < 4.78 is 11.2. The number of hydrogen-bond donors (Lipinski definition) is 3. The van der Waals surface area contributed by atoms with Gasteiger partial charge in [0.15, 0.2) is 4.90 Å². The van der Waals surface area contributed by atoms with Crippen LogP contribution < -0.4 is 5.14 Å². The Kier molecular flexibility index (Phi) is 4.80. The van der Waals surface area contributed by atoms with Crippen molar-refractivity contribution in [2.75, 3.05) is 0 Å². The maximum absolute atomic E-state index is 11.2. The molecule has 0 fully saturated rings. The standard InChI is InChI=1S/C16H16N2O2S/c1-11(19)15(16(17)13-5-3-2-4-6-13)12-7-9-14(10-8-12)21(18)20/h2-10,17,19H,18H2,1H3/b15-11-,17-16?. The maximum Gasteiger partial charge on any atom is 0.173 e. The highest BCUT2D eigenvalue weighted by molar-refractivity contribution is 7.89. The molecule has 0 aliphatic rings. The fraction of sp³-hybridized carbons (Fsp3) is 0.0625. The first-order valence-corrected chi connectivity index (χ1v) is 7.53. The molecule has 0 heterocycles. The van der Waals surface area contributed by atoms with E-state index in [2.05, 4.69) is 0 Å². The summed E-state index contributed by atoms with van der Waals surface area (Å²) in [5.41, 5.74) is 2.07. The first kappa shape index (κ1) is 15.3. The van der Waals surface area contributed by atoms with Crippen LogP contribution in [-0.4, -0.2) is 15.4 Å². The Labute approximate surface area is 126 Å². The van der Waals surface area contributed by atoms with E-state index in [1.807, 2.05) is 30.3 Å². The molecule has 21 heavy (non-hydrogen) atoms. The van der Waals surface area contributed by atoms with E-state index in [1.165, 1.54) is 0 Å². The van der Waals surface area contributed by atoms with Gasteiger partial charge in [0.2, 0.25) is 0 Å². The van der Waals surface area contributed by atoms with Crippen molar-refractivity contribution < 1.29 is 9.66 Å². The van der Waals surface area contributed by atoms with Crippen LogP contribution in [0.1, 0.15) is 18.1 Å². The lowest BCUT2D eigenvalue weighted by Crippen LogP contribution is -2.12. The summed E-state index contributed by atoms with van der Waals surface area (Å²) in [6, 6.07) is 15.8. The Bertz CT molecular complexity index is 660. The highest BCUT2D eigenvalue weighted by Crippen LogP contribution is 2.23. The summed E-state index contributed by atoms with van der Waals surface area (Å²) in [5, 5.41) is 23.5. The van der Waals surface area contributed by atoms with Crippen molar-refractivity contribution in [1.29, 1.82) is 5.41 Å². The topological polar surface area (TPSA) is 93.2 Å². The smallest absolute Gasteiger partial charge is 0.173 e. The molecular weight excluding hydrogens is 284 g/mol. The second-order valence-corrected chi connectivity index (χ2v) is 5.59. The van der Waals surface area contributed by atoms with Crippen molar-refractivity contribution in [3.63, 3.8) is 0 Å². The van der Waals surface area contributed by atoms with Crippen LogP contribution in [0.2, 0.25) is 0 Å². The van der Waals surface area contributed by atoms with Crippen molar-refractivity contribution in [3.05, 3.63) is 71.5 Å². The predicted molar refractivity (Wildman–Crippen MR) is 85.5 cm³/mol. The molecule has 2 aromatic carbocycles. The molecule has 0 bridgehead atoms. The van der Waals surface area contributed by atoms with Gasteiger partial charge in [0.1, 0.15) is 0 Å². The van der Waals surface area contributed by atoms with Crippen LogP contribution in [0.3, 0.4) is 0 Å². The third-order valence-corrected chi connectivity index (χ3v) is 3.79. The molecule has 4 nitrogen and oxygen atoms in total. The molecule has 5 heteroatoms. The van der Waals surface area contributed by atoms with E-state index in [1.54, 1.807) is 31.2 Å². The van der Waals surface area contributed by atoms with Gasteiger partial charge in [0.05, 0.1) is 22.8 Å². The van der Waals surface area contributed by atoms with E-state index in [-0.39, 0.29) is 11.5 Å². The molecule has 1 atom stereocenters. The molecule has 4 N–H and O–H groups in total. The Morgan fingerprint density at radius 2 is 1.62 bits per heavy atom. The quantitative estimate of drug-likeness (QED) is 0.460. The molecule has 0 aliphatic carbocycles. The number of rotatable bonds is 4. The molecule has 2 aromatic rings. The maximum atomic E-state index is 11.2. The number of aliphatic hydroxyl groups is 1. The fourth-order valence-electron chi connectivity index (χ4n) is 2.04. The second kappa shape index (κ2) is 6.58. The van der Waals surface area contributed by atoms with Crippen LogP contribution in [-0.2, 0) is 11.4 Å². The molecule has 0 saturated heterocycles. The van der Waals surface area contributed by atoms with Crippen LogP contribution in [0.4, 0.5) is 0 Å². The Hall–Kier alpha value is -2.08. The van der Waals surface area contributed by atoms with Gasteiger partial charge in [-0.2, -0.15) is 0 Å². The van der Waals surface area contributed by atoms with Crippen molar-refractivity contribution >= 4 is 22.6 Å². The van der Waals surface area contributed by atoms with Gasteiger partial charge >= 0.3 is 0 Å². The van der Waals surface area contributed by atoms with Gasteiger partial charge in [0.25, 0.3) is 0 Å². The SMILES string of the molecule is C/C(O)=C(/C(=N)c1ccccc1)c1ccc([S+](N)[O-])cc1. The number of benzene rings is 2. The number of hydrogen-bond acceptors (Lipinski definition) is 4. The Balaban J connectivity index is 2.41. The summed E-state index contributed by atoms with van der Waals surface area (Å²) in [4.78, 5) is 0.500. The molecular formula is C16H16N2O2S. The monoisotopic (exact) mass is 300 g/mol. The lowest BCUT2D eigenvalue weighted by Gasteiger charge is -2.12. The normalized spacial score (nSPS) is 13.5. The van der Waals surface area contributed by atoms with E-state index in [0.717, 1.165) is 0 Å². The van der Waals surface area contributed by atoms with Crippen LogP contribution in [0.5, 0.6) is 0 Å². The highest BCUT2D eigenvalue weighted by Gasteiger charge is 2.15. The number of aliphatic hydroxyl groups excluding tert-OH is 1. The van der Waals surface area contributed by atoms with E-state index in [9.17, 15) is 9.66 Å². The number of nitrogens with two attached hydrogens (primary N) is 1. The lowest BCUT2D eigenvalue weighted by molar-refractivity contribution is 0.418. The molecule has 108 valence electrons. The number of nitrogens with one attached hydrogen (secondary N) is 1. The van der Waals surface area contributed by atoms with Crippen LogP contribution >= 0.6 is 0 Å². The second-order valence-electron chi connectivity index (χ2n) is 4.52. The third kappa shape index (κ3) is 3.52. The highest BCUT2D eigenvalue weighted by atomic mass is 32.2. The summed E-state index contributed by atoms with van der Waals surface area (Å²) in [6.07, 6.45) is 0. The molecule has 0 radical (unpaired) electrons. The summed E-state index contributed by atoms with van der Waals surface area (Å²) in [6.45, 7) is 1.54. The van der Waals surface area contributed by atoms with Crippen LogP contribution in [0.15, 0.2) is 65.3 Å². The van der Waals surface area contributed by atoms with E-state index in [0.29, 0.717) is 21.6 Å². The van der Waals surface area contributed by atoms with Gasteiger partial charge in [-0.3, -0.25) is 5.41 Å². The lowest BCUT2D eigenvalue weighted by atomic mass is 9.95. The minimum absolute atomic E-state index is 0.0606. The van der Waals surface area contributed by atoms with Gasteiger partial charge in [-0.15, -0.1) is 5.14 Å². The molecule has 0 aromatic heterocycles. The number of allylic oxidation sites excluding steroid dienone is 2. The van der Waals surface area contributed by atoms with Crippen molar-refractivity contribution in [3.8, 4) is 0 Å². The molecule has 0 spiro atoms. The zero-order chi connectivity index (χ0) is 15.4. The first-order chi connectivity index (χ1) is 10.0. The van der Waals surface area contributed by atoms with Gasteiger partial charge in [-0.05, 0) is 36.8 Å². The van der Waals surface area contributed by atoms with E-state index in [4.69, 9.17) is 10.5 Å². The average molecular weight is 300 g/mol.